The van der Waals surface area contributed by atoms with Gasteiger partial charge in [-0.05, 0) is 60.0 Å². The van der Waals surface area contributed by atoms with Crippen LogP contribution in [0.1, 0.15) is 35.5 Å². The molecule has 2 aromatic rings. The Kier molecular flexibility index (Phi) is 5.04. The van der Waals surface area contributed by atoms with Crippen LogP contribution in [0.2, 0.25) is 0 Å². The van der Waals surface area contributed by atoms with Crippen molar-refractivity contribution in [3.8, 4) is 0 Å². The summed E-state index contributed by atoms with van der Waals surface area (Å²) < 4.78 is 4.15. The maximum atomic E-state index is 6.42. The molecule has 0 aliphatic carbocycles. The average molecular weight is 401 g/mol. The molecule has 0 fully saturated rings. The Morgan fingerprint density at radius 1 is 1.30 bits per heavy atom. The van der Waals surface area contributed by atoms with Crippen molar-refractivity contribution in [2.75, 3.05) is 0 Å². The Hall–Kier alpha value is -0.650. The van der Waals surface area contributed by atoms with Gasteiger partial charge >= 0.3 is 0 Å². The van der Waals surface area contributed by atoms with E-state index in [1.165, 1.54) is 11.1 Å². The summed E-state index contributed by atoms with van der Waals surface area (Å²) >= 11 is 7.14. The van der Waals surface area contributed by atoms with Crippen LogP contribution in [0.4, 0.5) is 0 Å². The van der Waals surface area contributed by atoms with Gasteiger partial charge in [-0.1, -0.05) is 22.0 Å². The highest BCUT2D eigenvalue weighted by atomic mass is 79.9. The number of nitrogens with zero attached hydrogens (tertiary/aromatic N) is 2. The van der Waals surface area contributed by atoms with E-state index in [1.54, 1.807) is 0 Å². The Labute approximate surface area is 136 Å². The summed E-state index contributed by atoms with van der Waals surface area (Å²) in [5, 5.41) is 4.52. The summed E-state index contributed by atoms with van der Waals surface area (Å²) in [5.74, 6) is 0. The van der Waals surface area contributed by atoms with E-state index in [2.05, 4.69) is 62.9 Å². The fourth-order valence-electron chi connectivity index (χ4n) is 2.39. The molecule has 1 heterocycles. The predicted octanol–water partition coefficient (Wildman–Crippen LogP) is 4.29. The molecule has 0 aliphatic rings. The second-order valence-electron chi connectivity index (χ2n) is 4.97. The maximum Gasteiger partial charge on any atom is 0.0738 e. The van der Waals surface area contributed by atoms with Crippen LogP contribution in [0.3, 0.4) is 0 Å². The Morgan fingerprint density at radius 3 is 2.65 bits per heavy atom. The van der Waals surface area contributed by atoms with Crippen molar-refractivity contribution in [3.05, 3.63) is 49.7 Å². The number of nitrogens with two attached hydrogens (primary N) is 1. The molecule has 0 saturated carbocycles. The summed E-state index contributed by atoms with van der Waals surface area (Å²) in [7, 11) is 0. The quantitative estimate of drug-likeness (QED) is 0.831. The van der Waals surface area contributed by atoms with Gasteiger partial charge in [0.05, 0.1) is 15.9 Å². The van der Waals surface area contributed by atoms with Crippen molar-refractivity contribution >= 4 is 31.9 Å². The van der Waals surface area contributed by atoms with Crippen LogP contribution in [0.15, 0.2) is 27.1 Å². The molecule has 1 unspecified atom stereocenters. The minimum absolute atomic E-state index is 0.0369. The van der Waals surface area contributed by atoms with Crippen molar-refractivity contribution in [1.82, 2.24) is 9.78 Å². The number of halogens is 2. The van der Waals surface area contributed by atoms with Crippen LogP contribution < -0.4 is 5.73 Å². The van der Waals surface area contributed by atoms with E-state index < -0.39 is 0 Å². The third kappa shape index (κ3) is 3.15. The van der Waals surface area contributed by atoms with Crippen LogP contribution in [0, 0.1) is 13.8 Å². The van der Waals surface area contributed by atoms with Gasteiger partial charge in [0.2, 0.25) is 0 Å². The second kappa shape index (κ2) is 6.41. The first-order valence-corrected chi connectivity index (χ1v) is 8.26. The molecule has 2 rings (SSSR count). The lowest BCUT2D eigenvalue weighted by molar-refractivity contribution is 0.585. The van der Waals surface area contributed by atoms with E-state index in [0.717, 1.165) is 33.3 Å². The number of aryl methyl sites for hydroxylation is 3. The largest absolute Gasteiger partial charge is 0.324 e. The number of aromatic nitrogens is 2. The number of hydrogen-bond donors (Lipinski definition) is 1. The molecule has 0 spiro atoms. The van der Waals surface area contributed by atoms with E-state index in [-0.39, 0.29) is 6.04 Å². The van der Waals surface area contributed by atoms with Crippen LogP contribution in [0.25, 0.3) is 0 Å². The maximum absolute atomic E-state index is 6.42. The highest BCUT2D eigenvalue weighted by Crippen LogP contribution is 2.28. The Balaban J connectivity index is 2.32. The van der Waals surface area contributed by atoms with Gasteiger partial charge in [-0.3, -0.25) is 4.68 Å². The van der Waals surface area contributed by atoms with E-state index in [4.69, 9.17) is 5.73 Å². The second-order valence-corrected chi connectivity index (χ2v) is 6.68. The van der Waals surface area contributed by atoms with Crippen molar-refractivity contribution in [1.29, 1.82) is 0 Å². The first kappa shape index (κ1) is 15.7. The van der Waals surface area contributed by atoms with Gasteiger partial charge in [0.15, 0.2) is 0 Å². The molecule has 0 amide bonds. The zero-order valence-electron chi connectivity index (χ0n) is 12.0. The smallest absolute Gasteiger partial charge is 0.0738 e. The van der Waals surface area contributed by atoms with Gasteiger partial charge in [-0.25, -0.2) is 0 Å². The third-order valence-corrected chi connectivity index (χ3v) is 5.03. The average Bonchev–Trinajstić information content (AvgIpc) is 2.69. The molecule has 20 heavy (non-hydrogen) atoms. The molecule has 2 N–H and O–H groups in total. The molecule has 3 nitrogen and oxygen atoms in total. The minimum Gasteiger partial charge on any atom is -0.324 e. The topological polar surface area (TPSA) is 43.8 Å². The minimum atomic E-state index is -0.0369. The summed E-state index contributed by atoms with van der Waals surface area (Å²) in [4.78, 5) is 0. The first-order chi connectivity index (χ1) is 9.43. The molecule has 5 heteroatoms. The lowest BCUT2D eigenvalue weighted by Gasteiger charge is -2.16. The highest BCUT2D eigenvalue weighted by Gasteiger charge is 2.17. The molecule has 108 valence electrons. The Bertz CT molecular complexity index is 620. The molecule has 0 aliphatic heterocycles. The van der Waals surface area contributed by atoms with Crippen LogP contribution in [-0.4, -0.2) is 9.78 Å². The highest BCUT2D eigenvalue weighted by molar-refractivity contribution is 9.10. The lowest BCUT2D eigenvalue weighted by Crippen LogP contribution is -2.17. The van der Waals surface area contributed by atoms with E-state index in [0.29, 0.717) is 0 Å². The Morgan fingerprint density at radius 2 is 2.00 bits per heavy atom. The molecule has 0 radical (unpaired) electrons. The zero-order valence-corrected chi connectivity index (χ0v) is 15.1. The number of hydrogen-bond acceptors (Lipinski definition) is 2. The summed E-state index contributed by atoms with van der Waals surface area (Å²) in [6, 6.07) is 6.21. The van der Waals surface area contributed by atoms with Crippen LogP contribution in [-0.2, 0) is 13.0 Å². The number of benzene rings is 1. The van der Waals surface area contributed by atoms with Crippen molar-refractivity contribution in [2.24, 2.45) is 5.73 Å². The van der Waals surface area contributed by atoms with E-state index in [9.17, 15) is 0 Å². The standard InChI is InChI=1S/C15H19Br2N3/c1-4-20-14(15(17)10(3)19-20)8-13(18)12-7-11(16)6-5-9(12)2/h5-7,13H,4,8,18H2,1-3H3. The SMILES string of the molecule is CCn1nc(C)c(Br)c1CC(N)c1cc(Br)ccc1C. The molecule has 0 saturated heterocycles. The molecular formula is C15H19Br2N3. The molecular weight excluding hydrogens is 382 g/mol. The van der Waals surface area contributed by atoms with E-state index in [1.807, 2.05) is 17.7 Å². The molecule has 1 aromatic heterocycles. The zero-order chi connectivity index (χ0) is 14.9. The molecule has 1 aromatic carbocycles. The van der Waals surface area contributed by atoms with Crippen LogP contribution in [0.5, 0.6) is 0 Å². The van der Waals surface area contributed by atoms with Gasteiger partial charge in [0.25, 0.3) is 0 Å². The fraction of sp³-hybridized carbons (Fsp3) is 0.400. The van der Waals surface area contributed by atoms with Gasteiger partial charge in [-0.2, -0.15) is 5.10 Å². The summed E-state index contributed by atoms with van der Waals surface area (Å²) in [5.41, 5.74) is 11.0. The van der Waals surface area contributed by atoms with Gasteiger partial charge in [0.1, 0.15) is 0 Å². The van der Waals surface area contributed by atoms with Crippen molar-refractivity contribution < 1.29 is 0 Å². The fourth-order valence-corrected chi connectivity index (χ4v) is 3.22. The normalized spacial score (nSPS) is 12.7. The van der Waals surface area contributed by atoms with Gasteiger partial charge in [-0.15, -0.1) is 0 Å². The molecule has 0 bridgehead atoms. The molecule has 1 atom stereocenters. The summed E-state index contributed by atoms with van der Waals surface area (Å²) in [6.45, 7) is 7.05. The summed E-state index contributed by atoms with van der Waals surface area (Å²) in [6.07, 6.45) is 0.770. The van der Waals surface area contributed by atoms with Crippen molar-refractivity contribution in [3.63, 3.8) is 0 Å². The van der Waals surface area contributed by atoms with E-state index >= 15 is 0 Å². The third-order valence-electron chi connectivity index (χ3n) is 3.51. The van der Waals surface area contributed by atoms with Crippen LogP contribution >= 0.6 is 31.9 Å². The predicted molar refractivity (Wildman–Crippen MR) is 89.8 cm³/mol. The monoisotopic (exact) mass is 399 g/mol. The van der Waals surface area contributed by atoms with Crippen molar-refractivity contribution in [2.45, 2.75) is 39.8 Å². The lowest BCUT2D eigenvalue weighted by atomic mass is 9.98. The first-order valence-electron chi connectivity index (χ1n) is 6.67. The van der Waals surface area contributed by atoms with Gasteiger partial charge < -0.3 is 5.73 Å². The van der Waals surface area contributed by atoms with Gasteiger partial charge in [0, 0.05) is 23.5 Å². The number of rotatable bonds is 4.